The quantitative estimate of drug-likeness (QED) is 0.487. The Bertz CT molecular complexity index is 677. The van der Waals surface area contributed by atoms with E-state index in [1.807, 2.05) is 6.07 Å². The summed E-state index contributed by atoms with van der Waals surface area (Å²) in [5.74, 6) is -0.401. The zero-order chi connectivity index (χ0) is 15.4. The molecule has 0 atom stereocenters. The molecule has 0 unspecified atom stereocenters. The van der Waals surface area contributed by atoms with E-state index in [9.17, 15) is 14.9 Å². The van der Waals surface area contributed by atoms with Gasteiger partial charge in [0, 0.05) is 6.07 Å². The minimum Gasteiger partial charge on any atom is -0.462 e. The molecular formula is C16H15NO4. The fraction of sp³-hybridized carbons (Fsp3) is 0.188. The maximum Gasteiger partial charge on any atom is 0.338 e. The van der Waals surface area contributed by atoms with Crippen LogP contribution in [-0.4, -0.2) is 17.5 Å². The normalized spacial score (nSPS) is 10.2. The summed E-state index contributed by atoms with van der Waals surface area (Å²) in [6.07, 6.45) is 0. The Morgan fingerprint density at radius 1 is 1.19 bits per heavy atom. The number of hydrogen-bond donors (Lipinski definition) is 0. The van der Waals surface area contributed by atoms with Gasteiger partial charge in [-0.2, -0.15) is 0 Å². The summed E-state index contributed by atoms with van der Waals surface area (Å²) >= 11 is 0. The lowest BCUT2D eigenvalue weighted by molar-refractivity contribution is -0.384. The fourth-order valence-electron chi connectivity index (χ4n) is 2.04. The Morgan fingerprint density at radius 3 is 2.43 bits per heavy atom. The molecule has 0 saturated heterocycles. The molecule has 2 rings (SSSR count). The number of carbonyl (C=O) groups is 1. The van der Waals surface area contributed by atoms with Crippen molar-refractivity contribution < 1.29 is 14.5 Å². The van der Waals surface area contributed by atoms with Gasteiger partial charge in [-0.1, -0.05) is 18.2 Å². The first-order chi connectivity index (χ1) is 10.0. The van der Waals surface area contributed by atoms with E-state index in [1.54, 1.807) is 44.2 Å². The molecule has 2 aromatic carbocycles. The van der Waals surface area contributed by atoms with Crippen LogP contribution in [-0.2, 0) is 4.74 Å². The van der Waals surface area contributed by atoms with Crippen LogP contribution in [0.25, 0.3) is 11.1 Å². The molecule has 0 aliphatic rings. The smallest absolute Gasteiger partial charge is 0.338 e. The number of aryl methyl sites for hydroxylation is 1. The van der Waals surface area contributed by atoms with Crippen LogP contribution in [0.2, 0.25) is 0 Å². The van der Waals surface area contributed by atoms with Gasteiger partial charge >= 0.3 is 5.97 Å². The lowest BCUT2D eigenvalue weighted by Crippen LogP contribution is -2.04. The molecule has 0 bridgehead atoms. The van der Waals surface area contributed by atoms with Crippen LogP contribution in [0.15, 0.2) is 42.5 Å². The number of nitrogens with zero attached hydrogens (tertiary/aromatic N) is 1. The second-order valence-electron chi connectivity index (χ2n) is 4.58. The lowest BCUT2D eigenvalue weighted by atomic mass is 10.0. The Labute approximate surface area is 122 Å². The number of esters is 1. The predicted molar refractivity (Wildman–Crippen MR) is 79.2 cm³/mol. The molecule has 0 aliphatic heterocycles. The van der Waals surface area contributed by atoms with Crippen LogP contribution in [0.4, 0.5) is 5.69 Å². The van der Waals surface area contributed by atoms with Gasteiger partial charge in [-0.05, 0) is 43.2 Å². The topological polar surface area (TPSA) is 69.4 Å². The van der Waals surface area contributed by atoms with Gasteiger partial charge in [0.2, 0.25) is 0 Å². The summed E-state index contributed by atoms with van der Waals surface area (Å²) in [7, 11) is 0. The average molecular weight is 285 g/mol. The van der Waals surface area contributed by atoms with E-state index in [0.717, 1.165) is 5.56 Å². The second-order valence-corrected chi connectivity index (χ2v) is 4.58. The van der Waals surface area contributed by atoms with E-state index in [0.29, 0.717) is 23.3 Å². The monoisotopic (exact) mass is 285 g/mol. The van der Waals surface area contributed by atoms with Crippen molar-refractivity contribution in [1.29, 1.82) is 0 Å². The van der Waals surface area contributed by atoms with E-state index in [2.05, 4.69) is 0 Å². The average Bonchev–Trinajstić information content (AvgIpc) is 2.47. The van der Waals surface area contributed by atoms with E-state index < -0.39 is 10.9 Å². The molecule has 0 spiro atoms. The molecule has 0 fully saturated rings. The van der Waals surface area contributed by atoms with Crippen molar-refractivity contribution in [3.63, 3.8) is 0 Å². The summed E-state index contributed by atoms with van der Waals surface area (Å²) in [6, 6.07) is 11.7. The molecule has 0 amide bonds. The van der Waals surface area contributed by atoms with Gasteiger partial charge in [0.25, 0.3) is 5.69 Å². The van der Waals surface area contributed by atoms with Gasteiger partial charge in [-0.15, -0.1) is 0 Å². The minimum atomic E-state index is -0.401. The SMILES string of the molecule is CCOC(=O)c1ccc(-c2ccc(C)cc2[N+](=O)[O-])cc1. The van der Waals surface area contributed by atoms with Crippen LogP contribution in [0.1, 0.15) is 22.8 Å². The van der Waals surface area contributed by atoms with Gasteiger partial charge in [-0.25, -0.2) is 4.79 Å². The van der Waals surface area contributed by atoms with Crippen molar-refractivity contribution in [2.45, 2.75) is 13.8 Å². The van der Waals surface area contributed by atoms with Crippen molar-refractivity contribution in [3.8, 4) is 11.1 Å². The van der Waals surface area contributed by atoms with E-state index >= 15 is 0 Å². The van der Waals surface area contributed by atoms with Crippen molar-refractivity contribution in [1.82, 2.24) is 0 Å². The number of rotatable bonds is 4. The third kappa shape index (κ3) is 3.25. The molecular weight excluding hydrogens is 270 g/mol. The first-order valence-electron chi connectivity index (χ1n) is 6.55. The van der Waals surface area contributed by atoms with Gasteiger partial charge in [0.05, 0.1) is 22.7 Å². The van der Waals surface area contributed by atoms with E-state index in [-0.39, 0.29) is 5.69 Å². The van der Waals surface area contributed by atoms with Crippen LogP contribution in [0.5, 0.6) is 0 Å². The van der Waals surface area contributed by atoms with Gasteiger partial charge in [0.15, 0.2) is 0 Å². The molecule has 5 nitrogen and oxygen atoms in total. The molecule has 0 saturated carbocycles. The third-order valence-corrected chi connectivity index (χ3v) is 3.06. The zero-order valence-corrected chi connectivity index (χ0v) is 11.8. The highest BCUT2D eigenvalue weighted by atomic mass is 16.6. The van der Waals surface area contributed by atoms with E-state index in [1.165, 1.54) is 6.07 Å². The van der Waals surface area contributed by atoms with Gasteiger partial charge < -0.3 is 4.74 Å². The zero-order valence-electron chi connectivity index (χ0n) is 11.8. The Kier molecular flexibility index (Phi) is 4.33. The van der Waals surface area contributed by atoms with E-state index in [4.69, 9.17) is 4.74 Å². The van der Waals surface area contributed by atoms with Crippen molar-refractivity contribution in [2.24, 2.45) is 0 Å². The fourth-order valence-corrected chi connectivity index (χ4v) is 2.04. The summed E-state index contributed by atoms with van der Waals surface area (Å²) in [4.78, 5) is 22.3. The number of hydrogen-bond acceptors (Lipinski definition) is 4. The minimum absolute atomic E-state index is 0.0545. The molecule has 0 heterocycles. The largest absolute Gasteiger partial charge is 0.462 e. The number of nitro benzene ring substituents is 1. The molecule has 0 radical (unpaired) electrons. The second kappa shape index (κ2) is 6.17. The van der Waals surface area contributed by atoms with Crippen molar-refractivity contribution in [3.05, 3.63) is 63.7 Å². The van der Waals surface area contributed by atoms with Crippen LogP contribution in [0, 0.1) is 17.0 Å². The van der Waals surface area contributed by atoms with Crippen molar-refractivity contribution in [2.75, 3.05) is 6.61 Å². The maximum atomic E-state index is 11.6. The third-order valence-electron chi connectivity index (χ3n) is 3.06. The Morgan fingerprint density at radius 2 is 1.86 bits per heavy atom. The van der Waals surface area contributed by atoms with Crippen molar-refractivity contribution >= 4 is 11.7 Å². The molecule has 2 aromatic rings. The molecule has 0 aromatic heterocycles. The molecule has 0 aliphatic carbocycles. The lowest BCUT2D eigenvalue weighted by Gasteiger charge is -2.06. The Balaban J connectivity index is 2.39. The van der Waals surface area contributed by atoms with Gasteiger partial charge in [-0.3, -0.25) is 10.1 Å². The number of nitro groups is 1. The van der Waals surface area contributed by atoms with Crippen LogP contribution >= 0.6 is 0 Å². The molecule has 0 N–H and O–H groups in total. The first kappa shape index (κ1) is 14.7. The molecule has 5 heteroatoms. The summed E-state index contributed by atoms with van der Waals surface area (Å²) in [5.41, 5.74) is 2.53. The summed E-state index contributed by atoms with van der Waals surface area (Å²) < 4.78 is 4.90. The highest BCUT2D eigenvalue weighted by Gasteiger charge is 2.16. The van der Waals surface area contributed by atoms with Gasteiger partial charge in [0.1, 0.15) is 0 Å². The molecule has 108 valence electrons. The van der Waals surface area contributed by atoms with Crippen LogP contribution in [0.3, 0.4) is 0 Å². The first-order valence-corrected chi connectivity index (χ1v) is 6.55. The highest BCUT2D eigenvalue weighted by Crippen LogP contribution is 2.30. The maximum absolute atomic E-state index is 11.6. The predicted octanol–water partition coefficient (Wildman–Crippen LogP) is 3.75. The number of ether oxygens (including phenoxy) is 1. The Hall–Kier alpha value is -2.69. The molecule has 21 heavy (non-hydrogen) atoms. The summed E-state index contributed by atoms with van der Waals surface area (Å²) in [5, 5.41) is 11.1. The van der Waals surface area contributed by atoms with Crippen LogP contribution < -0.4 is 0 Å². The number of carbonyl (C=O) groups excluding carboxylic acids is 1. The number of benzene rings is 2. The highest BCUT2D eigenvalue weighted by molar-refractivity contribution is 5.90. The summed E-state index contributed by atoms with van der Waals surface area (Å²) in [6.45, 7) is 3.85. The standard InChI is InChI=1S/C16H15NO4/c1-3-21-16(18)13-7-5-12(6-8-13)14-9-4-11(2)10-15(14)17(19)20/h4-10H,3H2,1-2H3.